The minimum Gasteiger partial charge on any atom is -0.352 e. The van der Waals surface area contributed by atoms with Gasteiger partial charge in [0.1, 0.15) is 6.54 Å². The Morgan fingerprint density at radius 3 is 2.91 bits per heavy atom. The maximum Gasteiger partial charge on any atom is 0.308 e. The quantitative estimate of drug-likeness (QED) is 0.937. The average molecular weight is 330 g/mol. The molecule has 1 aromatic carbocycles. The predicted molar refractivity (Wildman–Crippen MR) is 92.6 cm³/mol. The van der Waals surface area contributed by atoms with Gasteiger partial charge >= 0.3 is 4.87 Å². The zero-order valence-corrected chi connectivity index (χ0v) is 14.1. The fraction of sp³-hybridized carbons (Fsp3) is 0.556. The molecule has 2 saturated carbocycles. The fourth-order valence-corrected chi connectivity index (χ4v) is 5.51. The van der Waals surface area contributed by atoms with E-state index in [0.29, 0.717) is 5.92 Å². The van der Waals surface area contributed by atoms with E-state index >= 15 is 0 Å². The topological polar surface area (TPSA) is 51.1 Å². The van der Waals surface area contributed by atoms with Crippen molar-refractivity contribution in [3.63, 3.8) is 0 Å². The van der Waals surface area contributed by atoms with Crippen LogP contribution in [0.2, 0.25) is 0 Å². The molecule has 2 aromatic rings. The van der Waals surface area contributed by atoms with Crippen molar-refractivity contribution in [2.45, 2.75) is 45.2 Å². The van der Waals surface area contributed by atoms with Gasteiger partial charge in [-0.2, -0.15) is 0 Å². The molecule has 0 radical (unpaired) electrons. The molecular formula is C18H22N2O2S. The van der Waals surface area contributed by atoms with Gasteiger partial charge in [0.25, 0.3) is 0 Å². The summed E-state index contributed by atoms with van der Waals surface area (Å²) in [7, 11) is 0. The van der Waals surface area contributed by atoms with E-state index in [2.05, 4.69) is 12.2 Å². The Morgan fingerprint density at radius 1 is 1.35 bits per heavy atom. The number of rotatable bonds is 4. The number of amides is 1. The fourth-order valence-electron chi connectivity index (χ4n) is 4.62. The van der Waals surface area contributed by atoms with E-state index in [1.165, 1.54) is 37.0 Å². The van der Waals surface area contributed by atoms with Crippen LogP contribution in [0.5, 0.6) is 0 Å². The van der Waals surface area contributed by atoms with Gasteiger partial charge in [-0.25, -0.2) is 0 Å². The van der Waals surface area contributed by atoms with Crippen LogP contribution in [0, 0.1) is 17.8 Å². The van der Waals surface area contributed by atoms with E-state index in [4.69, 9.17) is 0 Å². The highest BCUT2D eigenvalue weighted by Gasteiger charge is 2.42. The van der Waals surface area contributed by atoms with Crippen molar-refractivity contribution in [3.8, 4) is 0 Å². The molecule has 4 rings (SSSR count). The number of nitrogens with zero attached hydrogens (tertiary/aromatic N) is 1. The lowest BCUT2D eigenvalue weighted by Crippen LogP contribution is -2.42. The molecule has 2 bridgehead atoms. The molecule has 5 heteroatoms. The lowest BCUT2D eigenvalue weighted by molar-refractivity contribution is -0.122. The van der Waals surface area contributed by atoms with Gasteiger partial charge in [-0.15, -0.1) is 0 Å². The summed E-state index contributed by atoms with van der Waals surface area (Å²) in [4.78, 5) is 24.5. The van der Waals surface area contributed by atoms with Gasteiger partial charge in [0.2, 0.25) is 5.91 Å². The van der Waals surface area contributed by atoms with Gasteiger partial charge in [-0.1, -0.05) is 29.9 Å². The second kappa shape index (κ2) is 5.78. The average Bonchev–Trinajstić information content (AvgIpc) is 3.22. The molecule has 4 nitrogen and oxygen atoms in total. The van der Waals surface area contributed by atoms with E-state index in [1.807, 2.05) is 24.3 Å². The number of nitrogens with one attached hydrogen (secondary N) is 1. The van der Waals surface area contributed by atoms with E-state index in [1.54, 1.807) is 4.57 Å². The summed E-state index contributed by atoms with van der Waals surface area (Å²) in [5, 5.41) is 3.14. The third kappa shape index (κ3) is 2.71. The Hall–Kier alpha value is -1.62. The standard InChI is InChI=1S/C18H22N2O2S/c1-11(14-9-12-6-7-13(14)8-12)19-17(21)10-20-15-4-2-3-5-16(15)23-18(20)22/h2-5,11-14H,6-10H2,1H3,(H,19,21)/t11-,12+,13+,14+/m1/s1. The van der Waals surface area contributed by atoms with Gasteiger partial charge < -0.3 is 5.32 Å². The van der Waals surface area contributed by atoms with Crippen molar-refractivity contribution in [1.29, 1.82) is 0 Å². The Kier molecular flexibility index (Phi) is 3.76. The summed E-state index contributed by atoms with van der Waals surface area (Å²) in [6.45, 7) is 2.24. The van der Waals surface area contributed by atoms with Crippen LogP contribution in [0.1, 0.15) is 32.6 Å². The van der Waals surface area contributed by atoms with Crippen LogP contribution in [0.4, 0.5) is 0 Å². The number of fused-ring (bicyclic) bond motifs is 3. The number of thiazole rings is 1. The SMILES string of the molecule is C[C@@H](NC(=O)Cn1c(=O)sc2ccccc21)[C@@H]1C[C@H]2CC[C@H]1C2. The molecule has 2 aliphatic carbocycles. The van der Waals surface area contributed by atoms with Gasteiger partial charge in [0.15, 0.2) is 0 Å². The van der Waals surface area contributed by atoms with Crippen molar-refractivity contribution < 1.29 is 4.79 Å². The van der Waals surface area contributed by atoms with Gasteiger partial charge in [0, 0.05) is 6.04 Å². The van der Waals surface area contributed by atoms with Crippen molar-refractivity contribution in [3.05, 3.63) is 33.9 Å². The molecule has 2 fully saturated rings. The third-order valence-electron chi connectivity index (χ3n) is 5.70. The van der Waals surface area contributed by atoms with Crippen LogP contribution in [0.25, 0.3) is 10.2 Å². The minimum absolute atomic E-state index is 0.0501. The van der Waals surface area contributed by atoms with Gasteiger partial charge in [0.05, 0.1) is 10.2 Å². The number of carbonyl (C=O) groups is 1. The molecule has 1 aromatic heterocycles. The first-order valence-electron chi connectivity index (χ1n) is 8.49. The highest BCUT2D eigenvalue weighted by atomic mass is 32.1. The highest BCUT2D eigenvalue weighted by Crippen LogP contribution is 2.49. The number of benzene rings is 1. The number of aromatic nitrogens is 1. The van der Waals surface area contributed by atoms with Crippen LogP contribution in [0.15, 0.2) is 29.1 Å². The second-order valence-corrected chi connectivity index (χ2v) is 8.11. The van der Waals surface area contributed by atoms with Crippen LogP contribution in [0.3, 0.4) is 0 Å². The summed E-state index contributed by atoms with van der Waals surface area (Å²) >= 11 is 1.20. The Labute approximate surface area is 139 Å². The molecule has 0 unspecified atom stereocenters. The number of para-hydroxylation sites is 1. The van der Waals surface area contributed by atoms with Gasteiger partial charge in [-0.3, -0.25) is 14.2 Å². The predicted octanol–water partition coefficient (Wildman–Crippen LogP) is 3.00. The summed E-state index contributed by atoms with van der Waals surface area (Å²) in [5.74, 6) is 2.24. The Morgan fingerprint density at radius 2 is 2.17 bits per heavy atom. The molecule has 4 atom stereocenters. The number of hydrogen-bond donors (Lipinski definition) is 1. The molecule has 1 amide bonds. The van der Waals surface area contributed by atoms with Crippen molar-refractivity contribution in [1.82, 2.24) is 9.88 Å². The lowest BCUT2D eigenvalue weighted by Gasteiger charge is -2.28. The van der Waals surface area contributed by atoms with Crippen LogP contribution in [-0.2, 0) is 11.3 Å². The Balaban J connectivity index is 1.45. The molecule has 122 valence electrons. The molecular weight excluding hydrogens is 308 g/mol. The third-order valence-corrected chi connectivity index (χ3v) is 6.66. The van der Waals surface area contributed by atoms with Crippen molar-refractivity contribution >= 4 is 27.5 Å². The molecule has 0 saturated heterocycles. The molecule has 2 aliphatic rings. The van der Waals surface area contributed by atoms with E-state index < -0.39 is 0 Å². The van der Waals surface area contributed by atoms with E-state index in [-0.39, 0.29) is 23.4 Å². The molecule has 0 spiro atoms. The van der Waals surface area contributed by atoms with Gasteiger partial charge in [-0.05, 0) is 56.1 Å². The highest BCUT2D eigenvalue weighted by molar-refractivity contribution is 7.16. The number of hydrogen-bond acceptors (Lipinski definition) is 3. The van der Waals surface area contributed by atoms with Crippen LogP contribution in [-0.4, -0.2) is 16.5 Å². The first-order valence-corrected chi connectivity index (χ1v) is 9.31. The summed E-state index contributed by atoms with van der Waals surface area (Å²) in [6.07, 6.45) is 5.30. The minimum atomic E-state index is -0.0612. The molecule has 1 N–H and O–H groups in total. The van der Waals surface area contributed by atoms with Crippen molar-refractivity contribution in [2.24, 2.45) is 17.8 Å². The zero-order chi connectivity index (χ0) is 16.0. The first kappa shape index (κ1) is 14.9. The molecule has 0 aliphatic heterocycles. The van der Waals surface area contributed by atoms with Crippen molar-refractivity contribution in [2.75, 3.05) is 0 Å². The number of carbonyl (C=O) groups excluding carboxylic acids is 1. The molecule has 1 heterocycles. The molecule has 23 heavy (non-hydrogen) atoms. The smallest absolute Gasteiger partial charge is 0.308 e. The largest absolute Gasteiger partial charge is 0.352 e. The van der Waals surface area contributed by atoms with E-state index in [0.717, 1.165) is 22.1 Å². The van der Waals surface area contributed by atoms with Crippen LogP contribution < -0.4 is 10.2 Å². The normalized spacial score (nSPS) is 27.4. The first-order chi connectivity index (χ1) is 11.1. The Bertz CT molecular complexity index is 794. The monoisotopic (exact) mass is 330 g/mol. The summed E-state index contributed by atoms with van der Waals surface area (Å²) < 4.78 is 2.52. The van der Waals surface area contributed by atoms with E-state index in [9.17, 15) is 9.59 Å². The maximum atomic E-state index is 12.4. The zero-order valence-electron chi connectivity index (χ0n) is 13.3. The maximum absolute atomic E-state index is 12.4. The van der Waals surface area contributed by atoms with Crippen LogP contribution >= 0.6 is 11.3 Å². The summed E-state index contributed by atoms with van der Waals surface area (Å²) in [6, 6.07) is 7.85. The second-order valence-electron chi connectivity index (χ2n) is 7.12. The summed E-state index contributed by atoms with van der Waals surface area (Å²) in [5.41, 5.74) is 0.852. The lowest BCUT2D eigenvalue weighted by atomic mass is 9.84.